The van der Waals surface area contributed by atoms with Gasteiger partial charge in [-0.25, -0.2) is 4.79 Å². The van der Waals surface area contributed by atoms with Gasteiger partial charge in [0.2, 0.25) is 0 Å². The summed E-state index contributed by atoms with van der Waals surface area (Å²) in [7, 11) is 0. The van der Waals surface area contributed by atoms with Crippen molar-refractivity contribution in [1.82, 2.24) is 4.90 Å². The zero-order chi connectivity index (χ0) is 21.8. The molecule has 0 spiro atoms. The molecule has 0 aliphatic carbocycles. The van der Waals surface area contributed by atoms with Gasteiger partial charge >= 0.3 is 6.09 Å². The molecule has 0 bridgehead atoms. The van der Waals surface area contributed by atoms with Crippen LogP contribution in [0.3, 0.4) is 0 Å². The first-order valence-electron chi connectivity index (χ1n) is 10.7. The molecule has 5 nitrogen and oxygen atoms in total. The summed E-state index contributed by atoms with van der Waals surface area (Å²) in [5.41, 5.74) is 1.64. The lowest BCUT2D eigenvalue weighted by Gasteiger charge is -2.43. The van der Waals surface area contributed by atoms with Crippen LogP contribution in [0, 0.1) is 0 Å². The van der Waals surface area contributed by atoms with Gasteiger partial charge < -0.3 is 19.8 Å². The molecule has 1 fully saturated rings. The Kier molecular flexibility index (Phi) is 6.84. The fourth-order valence-electron chi connectivity index (χ4n) is 4.24. The molecule has 162 valence electrons. The SMILES string of the molecule is C[C@@H](c1ccc(CC(C)(C)O)cc1)N1CC[C@](CCCO)(c2ccccc2)OC1=O. The smallest absolute Gasteiger partial charge is 0.411 e. The Hall–Kier alpha value is -2.37. The van der Waals surface area contributed by atoms with Gasteiger partial charge in [0.25, 0.3) is 0 Å². The van der Waals surface area contributed by atoms with Crippen molar-refractivity contribution in [2.45, 2.75) is 63.7 Å². The molecule has 30 heavy (non-hydrogen) atoms. The van der Waals surface area contributed by atoms with Gasteiger partial charge in [-0.15, -0.1) is 0 Å². The number of carbonyl (C=O) groups is 1. The summed E-state index contributed by atoms with van der Waals surface area (Å²) >= 11 is 0. The van der Waals surface area contributed by atoms with Crippen molar-refractivity contribution in [3.05, 3.63) is 71.3 Å². The van der Waals surface area contributed by atoms with E-state index in [1.54, 1.807) is 18.7 Å². The lowest BCUT2D eigenvalue weighted by Crippen LogP contribution is -2.48. The molecule has 2 aromatic carbocycles. The molecular formula is C25H33NO4. The summed E-state index contributed by atoms with van der Waals surface area (Å²) in [6.45, 7) is 6.26. The van der Waals surface area contributed by atoms with Crippen LogP contribution < -0.4 is 0 Å². The lowest BCUT2D eigenvalue weighted by molar-refractivity contribution is -0.0680. The third-order valence-electron chi connectivity index (χ3n) is 5.88. The Balaban J connectivity index is 1.74. The van der Waals surface area contributed by atoms with E-state index in [1.807, 2.05) is 61.5 Å². The highest BCUT2D eigenvalue weighted by Crippen LogP contribution is 2.40. The number of nitrogens with zero attached hydrogens (tertiary/aromatic N) is 1. The highest BCUT2D eigenvalue weighted by molar-refractivity contribution is 5.70. The van der Waals surface area contributed by atoms with Gasteiger partial charge in [-0.2, -0.15) is 0 Å². The number of aliphatic hydroxyl groups excluding tert-OH is 1. The number of ether oxygens (including phenoxy) is 1. The van der Waals surface area contributed by atoms with Crippen LogP contribution in [0.2, 0.25) is 0 Å². The quantitative estimate of drug-likeness (QED) is 0.667. The van der Waals surface area contributed by atoms with Crippen LogP contribution in [0.4, 0.5) is 4.79 Å². The number of hydrogen-bond acceptors (Lipinski definition) is 4. The molecule has 0 unspecified atom stereocenters. The molecule has 2 atom stereocenters. The average Bonchev–Trinajstić information content (AvgIpc) is 2.72. The predicted octanol–water partition coefficient (Wildman–Crippen LogP) is 4.57. The van der Waals surface area contributed by atoms with E-state index in [9.17, 15) is 15.0 Å². The number of carbonyl (C=O) groups excluding carboxylic acids is 1. The van der Waals surface area contributed by atoms with Crippen molar-refractivity contribution in [1.29, 1.82) is 0 Å². The molecule has 1 heterocycles. The van der Waals surface area contributed by atoms with Crippen LogP contribution in [0.5, 0.6) is 0 Å². The van der Waals surface area contributed by atoms with Crippen LogP contribution in [0.15, 0.2) is 54.6 Å². The second-order valence-corrected chi connectivity index (χ2v) is 8.91. The molecule has 0 radical (unpaired) electrons. The minimum absolute atomic E-state index is 0.0727. The third kappa shape index (κ3) is 5.21. The van der Waals surface area contributed by atoms with Crippen LogP contribution in [-0.2, 0) is 16.8 Å². The standard InChI is InChI=1S/C25H33NO4/c1-19(21-12-10-20(11-13-21)18-24(2,3)29)26-16-15-25(14-7-17-27,30-23(26)28)22-8-5-4-6-9-22/h4-6,8-13,19,27,29H,7,14-18H2,1-3H3/t19-,25+/m0/s1. The van der Waals surface area contributed by atoms with Gasteiger partial charge in [0.15, 0.2) is 0 Å². The monoisotopic (exact) mass is 411 g/mol. The second-order valence-electron chi connectivity index (χ2n) is 8.91. The Morgan fingerprint density at radius 2 is 1.80 bits per heavy atom. The predicted molar refractivity (Wildman–Crippen MR) is 117 cm³/mol. The van der Waals surface area contributed by atoms with E-state index < -0.39 is 11.2 Å². The largest absolute Gasteiger partial charge is 0.438 e. The van der Waals surface area contributed by atoms with E-state index in [0.29, 0.717) is 32.2 Å². The van der Waals surface area contributed by atoms with Gasteiger partial charge in [-0.1, -0.05) is 54.6 Å². The number of rotatable bonds is 8. The molecule has 2 aromatic rings. The minimum Gasteiger partial charge on any atom is -0.438 e. The van der Waals surface area contributed by atoms with Crippen molar-refractivity contribution in [2.24, 2.45) is 0 Å². The molecule has 1 saturated heterocycles. The van der Waals surface area contributed by atoms with Crippen molar-refractivity contribution in [2.75, 3.05) is 13.2 Å². The summed E-state index contributed by atoms with van der Waals surface area (Å²) in [6, 6.07) is 17.8. The Labute approximate surface area is 179 Å². The number of benzene rings is 2. The van der Waals surface area contributed by atoms with Crippen LogP contribution in [0.1, 0.15) is 62.8 Å². The topological polar surface area (TPSA) is 70.0 Å². The van der Waals surface area contributed by atoms with Gasteiger partial charge in [0.1, 0.15) is 5.60 Å². The van der Waals surface area contributed by atoms with Crippen molar-refractivity contribution in [3.63, 3.8) is 0 Å². The summed E-state index contributed by atoms with van der Waals surface area (Å²) in [5.74, 6) is 0. The van der Waals surface area contributed by atoms with E-state index in [4.69, 9.17) is 4.74 Å². The van der Waals surface area contributed by atoms with Gasteiger partial charge in [0, 0.05) is 26.0 Å². The maximum atomic E-state index is 13.0. The van der Waals surface area contributed by atoms with E-state index in [2.05, 4.69) is 0 Å². The maximum absolute atomic E-state index is 13.0. The maximum Gasteiger partial charge on any atom is 0.411 e. The molecule has 1 aliphatic rings. The molecule has 2 N–H and O–H groups in total. The van der Waals surface area contributed by atoms with Crippen LogP contribution >= 0.6 is 0 Å². The van der Waals surface area contributed by atoms with Gasteiger partial charge in [0.05, 0.1) is 11.6 Å². The fourth-order valence-corrected chi connectivity index (χ4v) is 4.24. The zero-order valence-electron chi connectivity index (χ0n) is 18.2. The lowest BCUT2D eigenvalue weighted by atomic mass is 9.84. The minimum atomic E-state index is -0.751. The Morgan fingerprint density at radius 3 is 2.37 bits per heavy atom. The van der Waals surface area contributed by atoms with Crippen LogP contribution in [-0.4, -0.2) is 40.0 Å². The molecule has 1 amide bonds. The van der Waals surface area contributed by atoms with Crippen molar-refractivity contribution >= 4 is 6.09 Å². The van der Waals surface area contributed by atoms with E-state index in [1.165, 1.54) is 0 Å². The molecule has 1 aliphatic heterocycles. The molecular weight excluding hydrogens is 378 g/mol. The summed E-state index contributed by atoms with van der Waals surface area (Å²) in [4.78, 5) is 14.8. The number of aliphatic hydroxyl groups is 2. The normalized spacial score (nSPS) is 20.7. The van der Waals surface area contributed by atoms with Gasteiger partial charge in [-0.3, -0.25) is 0 Å². The zero-order valence-corrected chi connectivity index (χ0v) is 18.2. The third-order valence-corrected chi connectivity index (χ3v) is 5.88. The molecule has 0 saturated carbocycles. The summed E-state index contributed by atoms with van der Waals surface area (Å²) in [5, 5.41) is 19.3. The Bertz CT molecular complexity index is 828. The van der Waals surface area contributed by atoms with Gasteiger partial charge in [-0.05, 0) is 50.3 Å². The number of cyclic esters (lactones) is 1. The molecule has 3 rings (SSSR count). The first-order chi connectivity index (χ1) is 14.2. The van der Waals surface area contributed by atoms with E-state index in [0.717, 1.165) is 16.7 Å². The second kappa shape index (κ2) is 9.19. The fraction of sp³-hybridized carbons (Fsp3) is 0.480. The van der Waals surface area contributed by atoms with Crippen molar-refractivity contribution < 1.29 is 19.7 Å². The Morgan fingerprint density at radius 1 is 1.13 bits per heavy atom. The first-order valence-corrected chi connectivity index (χ1v) is 10.7. The first kappa shape index (κ1) is 22.3. The van der Waals surface area contributed by atoms with Crippen LogP contribution in [0.25, 0.3) is 0 Å². The van der Waals surface area contributed by atoms with E-state index >= 15 is 0 Å². The van der Waals surface area contributed by atoms with E-state index in [-0.39, 0.29) is 18.7 Å². The molecule has 0 aromatic heterocycles. The van der Waals surface area contributed by atoms with Crippen molar-refractivity contribution in [3.8, 4) is 0 Å². The number of amides is 1. The number of hydrogen-bond donors (Lipinski definition) is 2. The summed E-state index contributed by atoms with van der Waals surface area (Å²) < 4.78 is 6.05. The summed E-state index contributed by atoms with van der Waals surface area (Å²) in [6.07, 6.45) is 2.13. The molecule has 5 heteroatoms. The average molecular weight is 412 g/mol. The highest BCUT2D eigenvalue weighted by Gasteiger charge is 2.43. The highest BCUT2D eigenvalue weighted by atomic mass is 16.6.